The van der Waals surface area contributed by atoms with Crippen molar-refractivity contribution in [1.29, 1.82) is 0 Å². The van der Waals surface area contributed by atoms with Crippen molar-refractivity contribution in [3.63, 3.8) is 0 Å². The number of hydrogen-bond acceptors (Lipinski definition) is 3. The Morgan fingerprint density at radius 1 is 1.56 bits per heavy atom. The second kappa shape index (κ2) is 4.85. The van der Waals surface area contributed by atoms with Gasteiger partial charge in [0.1, 0.15) is 5.75 Å². The topological polar surface area (TPSA) is 41.5 Å². The van der Waals surface area contributed by atoms with E-state index in [0.717, 1.165) is 19.4 Å². The molecule has 88 valence electrons. The fraction of sp³-hybridized carbons (Fsp3) is 0.538. The molecular weight excluding hydrogens is 202 g/mol. The number of methoxy groups -OCH3 is 1. The average molecular weight is 221 g/mol. The molecule has 0 saturated heterocycles. The van der Waals surface area contributed by atoms with Crippen LogP contribution in [0.15, 0.2) is 18.2 Å². The summed E-state index contributed by atoms with van der Waals surface area (Å²) >= 11 is 0. The summed E-state index contributed by atoms with van der Waals surface area (Å²) in [5.74, 6) is 0.365. The summed E-state index contributed by atoms with van der Waals surface area (Å²) in [6, 6.07) is 6.07. The quantitative estimate of drug-likeness (QED) is 0.817. The van der Waals surface area contributed by atoms with Crippen molar-refractivity contribution in [3.8, 4) is 5.75 Å². The zero-order valence-electron chi connectivity index (χ0n) is 9.86. The van der Waals surface area contributed by atoms with Gasteiger partial charge in [-0.2, -0.15) is 0 Å². The molecule has 0 spiro atoms. The van der Waals surface area contributed by atoms with E-state index in [1.807, 2.05) is 12.1 Å². The molecule has 0 radical (unpaired) electrons. The molecule has 0 aliphatic heterocycles. The Labute approximate surface area is 96.4 Å². The zero-order valence-corrected chi connectivity index (χ0v) is 9.86. The molecule has 2 N–H and O–H groups in total. The SMILES string of the molecule is COC(C)CNC1CCc2cc(O)ccc21. The first kappa shape index (κ1) is 11.4. The first-order valence-electron chi connectivity index (χ1n) is 5.78. The van der Waals surface area contributed by atoms with Crippen LogP contribution in [0.4, 0.5) is 0 Å². The normalized spacial score (nSPS) is 20.8. The van der Waals surface area contributed by atoms with Crippen molar-refractivity contribution < 1.29 is 9.84 Å². The van der Waals surface area contributed by atoms with Crippen molar-refractivity contribution in [2.24, 2.45) is 0 Å². The van der Waals surface area contributed by atoms with Gasteiger partial charge >= 0.3 is 0 Å². The van der Waals surface area contributed by atoms with Gasteiger partial charge in [0.15, 0.2) is 0 Å². The van der Waals surface area contributed by atoms with Crippen molar-refractivity contribution in [2.45, 2.75) is 31.9 Å². The number of fused-ring (bicyclic) bond motifs is 1. The van der Waals surface area contributed by atoms with E-state index in [-0.39, 0.29) is 6.10 Å². The van der Waals surface area contributed by atoms with E-state index in [2.05, 4.69) is 12.2 Å². The second-order valence-electron chi connectivity index (χ2n) is 4.43. The van der Waals surface area contributed by atoms with E-state index in [0.29, 0.717) is 11.8 Å². The van der Waals surface area contributed by atoms with E-state index in [4.69, 9.17) is 4.74 Å². The van der Waals surface area contributed by atoms with Gasteiger partial charge in [-0.15, -0.1) is 0 Å². The lowest BCUT2D eigenvalue weighted by molar-refractivity contribution is 0.114. The van der Waals surface area contributed by atoms with Gasteiger partial charge in [0.25, 0.3) is 0 Å². The highest BCUT2D eigenvalue weighted by molar-refractivity contribution is 5.39. The van der Waals surface area contributed by atoms with Crippen molar-refractivity contribution in [2.75, 3.05) is 13.7 Å². The van der Waals surface area contributed by atoms with Crippen molar-refractivity contribution >= 4 is 0 Å². The lowest BCUT2D eigenvalue weighted by Crippen LogP contribution is -2.28. The summed E-state index contributed by atoms with van der Waals surface area (Å²) in [5.41, 5.74) is 2.59. The van der Waals surface area contributed by atoms with E-state index in [1.54, 1.807) is 13.2 Å². The summed E-state index contributed by atoms with van der Waals surface area (Å²) in [4.78, 5) is 0. The van der Waals surface area contributed by atoms with Gasteiger partial charge in [-0.25, -0.2) is 0 Å². The van der Waals surface area contributed by atoms with Crippen LogP contribution >= 0.6 is 0 Å². The molecule has 1 aliphatic carbocycles. The molecule has 2 unspecified atom stereocenters. The van der Waals surface area contributed by atoms with Crippen LogP contribution in [0, 0.1) is 0 Å². The molecule has 0 heterocycles. The Bertz CT molecular complexity index is 365. The monoisotopic (exact) mass is 221 g/mol. The minimum atomic E-state index is 0.237. The molecule has 0 aromatic heterocycles. The second-order valence-corrected chi connectivity index (χ2v) is 4.43. The Hall–Kier alpha value is -1.06. The van der Waals surface area contributed by atoms with Crippen molar-refractivity contribution in [1.82, 2.24) is 5.32 Å². The molecule has 3 nitrogen and oxygen atoms in total. The number of aromatic hydroxyl groups is 1. The number of hydrogen-bond donors (Lipinski definition) is 2. The Morgan fingerprint density at radius 3 is 3.12 bits per heavy atom. The van der Waals surface area contributed by atoms with E-state index in [1.165, 1.54) is 11.1 Å². The third kappa shape index (κ3) is 2.36. The lowest BCUT2D eigenvalue weighted by atomic mass is 10.1. The summed E-state index contributed by atoms with van der Waals surface area (Å²) in [6.45, 7) is 2.92. The number of rotatable bonds is 4. The molecular formula is C13H19NO2. The molecule has 16 heavy (non-hydrogen) atoms. The fourth-order valence-corrected chi connectivity index (χ4v) is 2.21. The molecule has 0 saturated carbocycles. The maximum absolute atomic E-state index is 9.40. The van der Waals surface area contributed by atoms with Gasteiger partial charge < -0.3 is 15.2 Å². The molecule has 3 heteroatoms. The number of benzene rings is 1. The number of aryl methyl sites for hydroxylation is 1. The predicted octanol–water partition coefficient (Wildman–Crippen LogP) is 2.00. The molecule has 1 aromatic rings. The van der Waals surface area contributed by atoms with Gasteiger partial charge in [0.05, 0.1) is 6.10 Å². The molecule has 1 aromatic carbocycles. The molecule has 1 aliphatic rings. The van der Waals surface area contributed by atoms with Crippen LogP contribution in [0.2, 0.25) is 0 Å². The van der Waals surface area contributed by atoms with E-state index < -0.39 is 0 Å². The summed E-state index contributed by atoms with van der Waals surface area (Å²) < 4.78 is 5.21. The third-order valence-corrected chi connectivity index (χ3v) is 3.26. The standard InChI is InChI=1S/C13H19NO2/c1-9(16-2)8-14-13-6-3-10-7-11(15)4-5-12(10)13/h4-5,7,9,13-15H,3,6,8H2,1-2H3. The number of ether oxygens (including phenoxy) is 1. The molecule has 2 atom stereocenters. The first-order chi connectivity index (χ1) is 7.70. The van der Waals surface area contributed by atoms with Crippen LogP contribution in [0.1, 0.15) is 30.5 Å². The summed E-state index contributed by atoms with van der Waals surface area (Å²) in [7, 11) is 1.73. The van der Waals surface area contributed by atoms with Crippen LogP contribution in [0.5, 0.6) is 5.75 Å². The Morgan fingerprint density at radius 2 is 2.38 bits per heavy atom. The van der Waals surface area contributed by atoms with Gasteiger partial charge in [0, 0.05) is 19.7 Å². The molecule has 0 bridgehead atoms. The number of nitrogens with one attached hydrogen (secondary N) is 1. The van der Waals surface area contributed by atoms with Crippen LogP contribution in [-0.2, 0) is 11.2 Å². The first-order valence-corrected chi connectivity index (χ1v) is 5.78. The van der Waals surface area contributed by atoms with Crippen molar-refractivity contribution in [3.05, 3.63) is 29.3 Å². The van der Waals surface area contributed by atoms with Crippen LogP contribution in [0.3, 0.4) is 0 Å². The van der Waals surface area contributed by atoms with E-state index >= 15 is 0 Å². The van der Waals surface area contributed by atoms with Gasteiger partial charge in [-0.05, 0) is 43.0 Å². The van der Waals surface area contributed by atoms with Gasteiger partial charge in [-0.1, -0.05) is 6.07 Å². The van der Waals surface area contributed by atoms with Gasteiger partial charge in [-0.3, -0.25) is 0 Å². The lowest BCUT2D eigenvalue weighted by Gasteiger charge is -2.17. The summed E-state index contributed by atoms with van der Waals surface area (Å²) in [6.07, 6.45) is 2.39. The molecule has 2 rings (SSSR count). The number of phenolic OH excluding ortho intramolecular Hbond substituents is 1. The minimum Gasteiger partial charge on any atom is -0.508 e. The maximum Gasteiger partial charge on any atom is 0.115 e. The maximum atomic E-state index is 9.40. The largest absolute Gasteiger partial charge is 0.508 e. The summed E-state index contributed by atoms with van der Waals surface area (Å²) in [5, 5.41) is 12.9. The average Bonchev–Trinajstić information content (AvgIpc) is 2.68. The highest BCUT2D eigenvalue weighted by Crippen LogP contribution is 2.33. The number of phenols is 1. The molecule has 0 fully saturated rings. The third-order valence-electron chi connectivity index (χ3n) is 3.26. The van der Waals surface area contributed by atoms with Gasteiger partial charge in [0.2, 0.25) is 0 Å². The fourth-order valence-electron chi connectivity index (χ4n) is 2.21. The van der Waals surface area contributed by atoms with Crippen LogP contribution in [-0.4, -0.2) is 24.9 Å². The van der Waals surface area contributed by atoms with E-state index in [9.17, 15) is 5.11 Å². The van der Waals surface area contributed by atoms with Crippen LogP contribution in [0.25, 0.3) is 0 Å². The highest BCUT2D eigenvalue weighted by atomic mass is 16.5. The minimum absolute atomic E-state index is 0.237. The predicted molar refractivity (Wildman–Crippen MR) is 63.6 cm³/mol. The Balaban J connectivity index is 2.01. The zero-order chi connectivity index (χ0) is 11.5. The van der Waals surface area contributed by atoms with Crippen LogP contribution < -0.4 is 5.32 Å². The smallest absolute Gasteiger partial charge is 0.115 e. The Kier molecular flexibility index (Phi) is 3.46. The molecule has 0 amide bonds. The highest BCUT2D eigenvalue weighted by Gasteiger charge is 2.22.